The zero-order chi connectivity index (χ0) is 29.6. The molecule has 40 heavy (non-hydrogen) atoms. The fourth-order valence-electron chi connectivity index (χ4n) is 8.51. The molecule has 0 radical (unpaired) electrons. The second kappa shape index (κ2) is 8.97. The van der Waals surface area contributed by atoms with Crippen molar-refractivity contribution in [2.45, 2.75) is 90.5 Å². The smallest absolute Gasteiger partial charge is 0.347 e. The van der Waals surface area contributed by atoms with Gasteiger partial charge in [-0.1, -0.05) is 34.3 Å². The summed E-state index contributed by atoms with van der Waals surface area (Å²) < 4.78 is 28.1. The Bertz CT molecular complexity index is 1250. The molecule has 3 heterocycles. The zero-order valence-electron chi connectivity index (χ0n) is 23.6. The van der Waals surface area contributed by atoms with E-state index in [0.717, 1.165) is 0 Å². The molecule has 3 aliphatic heterocycles. The average Bonchev–Trinajstić information content (AvgIpc) is 3.19. The molecule has 4 fully saturated rings. The van der Waals surface area contributed by atoms with E-state index in [9.17, 15) is 29.1 Å². The molecule has 218 valence electrons. The highest BCUT2D eigenvalue weighted by atomic mass is 16.6. The number of cyclic esters (lactones) is 2. The molecule has 9 atom stereocenters. The van der Waals surface area contributed by atoms with Gasteiger partial charge >= 0.3 is 23.9 Å². The van der Waals surface area contributed by atoms with Crippen molar-refractivity contribution in [1.29, 1.82) is 0 Å². The number of hydrogen-bond donors (Lipinski definition) is 1. The number of methoxy groups -OCH3 is 1. The molecule has 1 spiro atoms. The van der Waals surface area contributed by atoms with Crippen LogP contribution in [-0.4, -0.2) is 72.1 Å². The average molecular weight is 561 g/mol. The summed E-state index contributed by atoms with van der Waals surface area (Å²) >= 11 is 0. The quantitative estimate of drug-likeness (QED) is 0.305. The number of ketones is 1. The van der Waals surface area contributed by atoms with Crippen molar-refractivity contribution in [3.63, 3.8) is 0 Å². The predicted octanol–water partition coefficient (Wildman–Crippen LogP) is 1.94. The summed E-state index contributed by atoms with van der Waals surface area (Å²) in [4.78, 5) is 64.7. The van der Waals surface area contributed by atoms with Gasteiger partial charge in [-0.15, -0.1) is 0 Å². The molecule has 5 rings (SSSR count). The molecule has 1 N–H and O–H groups in total. The number of aliphatic hydroxyl groups excluding tert-OH is 1. The first kappa shape index (κ1) is 28.5. The maximum Gasteiger partial charge on any atom is 0.347 e. The molecule has 2 aliphatic carbocycles. The number of ether oxygens (including phenoxy) is 5. The molecule has 0 aromatic carbocycles. The van der Waals surface area contributed by atoms with Crippen molar-refractivity contribution in [1.82, 2.24) is 0 Å². The highest BCUT2D eigenvalue weighted by Crippen LogP contribution is 2.70. The van der Waals surface area contributed by atoms with E-state index in [-0.39, 0.29) is 30.1 Å². The minimum absolute atomic E-state index is 0.00125. The van der Waals surface area contributed by atoms with Crippen molar-refractivity contribution in [2.75, 3.05) is 7.11 Å². The number of fused-ring (bicyclic) bond motifs is 3. The Balaban J connectivity index is 1.65. The van der Waals surface area contributed by atoms with Crippen LogP contribution < -0.4 is 0 Å². The van der Waals surface area contributed by atoms with Gasteiger partial charge in [0.25, 0.3) is 0 Å². The van der Waals surface area contributed by atoms with E-state index in [2.05, 4.69) is 6.58 Å². The molecule has 0 unspecified atom stereocenters. The predicted molar refractivity (Wildman–Crippen MR) is 135 cm³/mol. The van der Waals surface area contributed by atoms with E-state index >= 15 is 0 Å². The summed E-state index contributed by atoms with van der Waals surface area (Å²) in [6.45, 7) is 12.9. The third-order valence-electron chi connectivity index (χ3n) is 10.5. The second-order valence-corrected chi connectivity index (χ2v) is 12.7. The molecule has 5 aliphatic rings. The molecule has 0 amide bonds. The van der Waals surface area contributed by atoms with Crippen molar-refractivity contribution in [3.8, 4) is 0 Å². The maximum atomic E-state index is 13.7. The first-order valence-corrected chi connectivity index (χ1v) is 13.5. The lowest BCUT2D eigenvalue weighted by molar-refractivity contribution is -0.299. The molecule has 2 bridgehead atoms. The SMILES string of the molecule is C=C1[C@@H]2CC[C@@]3(C)[C@H](C4=C[C@@H](O)OC4=O)OC(=O)C[C@]13O[C@H]1CC(=O)C(C)(C)[C@H]([C@@H](OC(C)=O)C(=O)OC)[C@]12C. The van der Waals surface area contributed by atoms with Crippen LogP contribution in [0.3, 0.4) is 0 Å². The van der Waals surface area contributed by atoms with Crippen LogP contribution in [0.5, 0.6) is 0 Å². The van der Waals surface area contributed by atoms with Gasteiger partial charge in [0.1, 0.15) is 17.5 Å². The highest BCUT2D eigenvalue weighted by Gasteiger charge is 2.75. The van der Waals surface area contributed by atoms with Crippen LogP contribution in [-0.2, 0) is 47.7 Å². The number of hydrogen-bond acceptors (Lipinski definition) is 11. The summed E-state index contributed by atoms with van der Waals surface area (Å²) in [5.41, 5.74) is -3.68. The van der Waals surface area contributed by atoms with Gasteiger partial charge in [-0.05, 0) is 30.4 Å². The number of Topliss-reactive ketones (excluding diaryl/α,β-unsaturated/α-hetero) is 1. The molecular weight excluding hydrogens is 524 g/mol. The summed E-state index contributed by atoms with van der Waals surface area (Å²) in [6.07, 6.45) is -2.71. The largest absolute Gasteiger partial charge is 0.466 e. The lowest BCUT2D eigenvalue weighted by atomic mass is 9.41. The summed E-state index contributed by atoms with van der Waals surface area (Å²) in [7, 11) is 1.20. The van der Waals surface area contributed by atoms with E-state index in [4.69, 9.17) is 23.7 Å². The highest BCUT2D eigenvalue weighted by molar-refractivity contribution is 5.93. The molecule has 0 aromatic rings. The number of rotatable bonds is 4. The van der Waals surface area contributed by atoms with Crippen LogP contribution >= 0.6 is 0 Å². The van der Waals surface area contributed by atoms with Crippen LogP contribution in [0.25, 0.3) is 0 Å². The van der Waals surface area contributed by atoms with Crippen LogP contribution in [0.4, 0.5) is 0 Å². The maximum absolute atomic E-state index is 13.7. The van der Waals surface area contributed by atoms with Gasteiger partial charge in [0.05, 0.1) is 25.2 Å². The standard InChI is InChI=1S/C29H36O11/c1-13-16-8-9-27(5)23(15-10-19(32)39-24(15)34)38-20(33)12-29(13,27)40-18-11-17(31)26(3,4)22(28(16,18)6)21(25(35)36-7)37-14(2)30/h10,16,18-19,21-23,32H,1,8-9,11-12H2,2-7H3/t16-,18-,19-,21+,22-,23-,27-,28-,29-/m0/s1. The third kappa shape index (κ3) is 3.59. The first-order chi connectivity index (χ1) is 18.5. The summed E-state index contributed by atoms with van der Waals surface area (Å²) in [6, 6.07) is 0. The van der Waals surface area contributed by atoms with Crippen molar-refractivity contribution < 1.29 is 52.8 Å². The molecule has 2 saturated carbocycles. The fraction of sp³-hybridized carbons (Fsp3) is 0.690. The molecule has 2 saturated heterocycles. The van der Waals surface area contributed by atoms with Gasteiger partial charge in [0.2, 0.25) is 12.4 Å². The van der Waals surface area contributed by atoms with Crippen molar-refractivity contribution >= 4 is 29.7 Å². The van der Waals surface area contributed by atoms with E-state index in [0.29, 0.717) is 18.4 Å². The molecule has 0 aromatic heterocycles. The van der Waals surface area contributed by atoms with Crippen molar-refractivity contribution in [2.24, 2.45) is 28.1 Å². The van der Waals surface area contributed by atoms with Gasteiger partial charge in [-0.3, -0.25) is 14.4 Å². The zero-order valence-corrected chi connectivity index (χ0v) is 23.6. The molecule has 11 heteroatoms. The van der Waals surface area contributed by atoms with Crippen LogP contribution in [0.15, 0.2) is 23.8 Å². The molecular formula is C29H36O11. The fourth-order valence-corrected chi connectivity index (χ4v) is 8.51. The molecule has 11 nitrogen and oxygen atoms in total. The Kier molecular flexibility index (Phi) is 6.39. The second-order valence-electron chi connectivity index (χ2n) is 12.7. The number of carbonyl (C=O) groups excluding carboxylic acids is 5. The summed E-state index contributed by atoms with van der Waals surface area (Å²) in [5, 5.41) is 9.93. The van der Waals surface area contributed by atoms with Gasteiger partial charge in [-0.25, -0.2) is 9.59 Å². The topological polar surface area (TPSA) is 152 Å². The Labute approximate surface area is 232 Å². The van der Waals surface area contributed by atoms with Crippen LogP contribution in [0.1, 0.15) is 60.3 Å². The Morgan fingerprint density at radius 3 is 2.40 bits per heavy atom. The van der Waals surface area contributed by atoms with E-state index in [1.165, 1.54) is 20.1 Å². The van der Waals surface area contributed by atoms with E-state index in [1.807, 2.05) is 13.8 Å². The Morgan fingerprint density at radius 1 is 1.15 bits per heavy atom. The van der Waals surface area contributed by atoms with Gasteiger partial charge in [-0.2, -0.15) is 0 Å². The number of aliphatic hydroxyl groups is 1. The first-order valence-electron chi connectivity index (χ1n) is 13.5. The van der Waals surface area contributed by atoms with Crippen LogP contribution in [0, 0.1) is 28.1 Å². The lowest BCUT2D eigenvalue weighted by Crippen LogP contribution is -2.75. The minimum Gasteiger partial charge on any atom is -0.466 e. The number of esters is 4. The normalized spacial score (nSPS) is 42.5. The van der Waals surface area contributed by atoms with Crippen LogP contribution in [0.2, 0.25) is 0 Å². The minimum atomic E-state index is -1.45. The summed E-state index contributed by atoms with van der Waals surface area (Å²) in [5.74, 6) is -4.24. The Morgan fingerprint density at radius 2 is 1.82 bits per heavy atom. The Hall–Kier alpha value is -3.05. The van der Waals surface area contributed by atoms with E-state index in [1.54, 1.807) is 13.8 Å². The van der Waals surface area contributed by atoms with Gasteiger partial charge in [0, 0.05) is 35.5 Å². The number of carbonyl (C=O) groups is 5. The third-order valence-corrected chi connectivity index (χ3v) is 10.5. The van der Waals surface area contributed by atoms with Crippen molar-refractivity contribution in [3.05, 3.63) is 23.8 Å². The van der Waals surface area contributed by atoms with Gasteiger partial charge in [0.15, 0.2) is 0 Å². The van der Waals surface area contributed by atoms with E-state index < -0.39 is 76.2 Å². The van der Waals surface area contributed by atoms with Gasteiger partial charge < -0.3 is 28.8 Å². The monoisotopic (exact) mass is 560 g/mol. The lowest BCUT2D eigenvalue weighted by Gasteiger charge is -2.70.